The molecule has 0 saturated heterocycles. The van der Waals surface area contributed by atoms with E-state index in [2.05, 4.69) is 29.4 Å². The number of carbonyl (C=O) groups is 1. The van der Waals surface area contributed by atoms with E-state index in [0.29, 0.717) is 18.2 Å². The molecule has 0 radical (unpaired) electrons. The Morgan fingerprint density at radius 2 is 1.77 bits per heavy atom. The summed E-state index contributed by atoms with van der Waals surface area (Å²) in [6, 6.07) is 7.77. The second kappa shape index (κ2) is 8.95. The smallest absolute Gasteiger partial charge is 0.352 e. The van der Waals surface area contributed by atoms with Crippen LogP contribution in [0.15, 0.2) is 36.5 Å². The highest BCUT2D eigenvalue weighted by Gasteiger charge is 2.33. The molecule has 0 fully saturated rings. The minimum atomic E-state index is -4.47. The second-order valence-corrected chi connectivity index (χ2v) is 7.99. The van der Waals surface area contributed by atoms with Crippen LogP contribution in [-0.2, 0) is 30.5 Å². The number of amides is 1. The van der Waals surface area contributed by atoms with Crippen LogP contribution in [0.3, 0.4) is 0 Å². The molecule has 0 unspecified atom stereocenters. The van der Waals surface area contributed by atoms with Gasteiger partial charge in [0.05, 0.1) is 17.8 Å². The van der Waals surface area contributed by atoms with Crippen LogP contribution in [0.2, 0.25) is 0 Å². The largest absolute Gasteiger partial charge is 0.435 e. The summed E-state index contributed by atoms with van der Waals surface area (Å²) < 4.78 is 41.2. The molecule has 2 heterocycles. The summed E-state index contributed by atoms with van der Waals surface area (Å²) in [5.74, 6) is 0.353. The highest BCUT2D eigenvalue weighted by molar-refractivity contribution is 5.79. The normalized spacial score (nSPS) is 11.9. The van der Waals surface area contributed by atoms with Crippen molar-refractivity contribution in [2.45, 2.75) is 53.4 Å². The molecule has 3 aromatic rings. The molecule has 6 nitrogen and oxygen atoms in total. The van der Waals surface area contributed by atoms with E-state index in [1.165, 1.54) is 10.9 Å². The first-order valence-electron chi connectivity index (χ1n) is 10.1. The van der Waals surface area contributed by atoms with E-state index in [4.69, 9.17) is 0 Å². The van der Waals surface area contributed by atoms with Crippen LogP contribution >= 0.6 is 0 Å². The first-order chi connectivity index (χ1) is 14.5. The van der Waals surface area contributed by atoms with Crippen molar-refractivity contribution in [3.8, 4) is 5.69 Å². The van der Waals surface area contributed by atoms with E-state index in [-0.39, 0.29) is 12.3 Å². The molecule has 31 heavy (non-hydrogen) atoms. The molecule has 0 bridgehead atoms. The number of rotatable bonds is 7. The molecule has 0 aliphatic heterocycles. The Labute approximate surface area is 179 Å². The standard InChI is InChI=1S/C22H26F3N5O/c1-14(2)13-30-16(4)19(15(3)27-30)11-21(31)26-12-17-5-7-18(8-6-17)29-10-9-20(28-29)22(23,24)25/h5-10,14H,11-13H2,1-4H3,(H,26,31). The van der Waals surface area contributed by atoms with Crippen molar-refractivity contribution in [1.29, 1.82) is 0 Å². The number of aryl methyl sites for hydroxylation is 1. The van der Waals surface area contributed by atoms with Crippen LogP contribution in [0, 0.1) is 19.8 Å². The van der Waals surface area contributed by atoms with Gasteiger partial charge in [-0.1, -0.05) is 26.0 Å². The van der Waals surface area contributed by atoms with Crippen molar-refractivity contribution in [2.24, 2.45) is 5.92 Å². The van der Waals surface area contributed by atoms with E-state index < -0.39 is 11.9 Å². The Kier molecular flexibility index (Phi) is 6.52. The van der Waals surface area contributed by atoms with Gasteiger partial charge in [0.2, 0.25) is 5.91 Å². The first-order valence-corrected chi connectivity index (χ1v) is 10.1. The van der Waals surface area contributed by atoms with Gasteiger partial charge in [-0.05, 0) is 43.5 Å². The fraction of sp³-hybridized carbons (Fsp3) is 0.409. The zero-order chi connectivity index (χ0) is 22.8. The van der Waals surface area contributed by atoms with Gasteiger partial charge in [0, 0.05) is 30.5 Å². The molecular formula is C22H26F3N5O. The molecule has 1 N–H and O–H groups in total. The number of nitrogens with zero attached hydrogens (tertiary/aromatic N) is 4. The van der Waals surface area contributed by atoms with Crippen LogP contribution in [0.5, 0.6) is 0 Å². The lowest BCUT2D eigenvalue weighted by Gasteiger charge is -2.09. The lowest BCUT2D eigenvalue weighted by atomic mass is 10.1. The maximum atomic E-state index is 12.7. The first kappa shape index (κ1) is 22.6. The van der Waals surface area contributed by atoms with Crippen LogP contribution in [0.1, 0.15) is 42.1 Å². The summed E-state index contributed by atoms with van der Waals surface area (Å²) in [6.45, 7) is 9.25. The average molecular weight is 433 g/mol. The van der Waals surface area contributed by atoms with Crippen LogP contribution in [-0.4, -0.2) is 25.5 Å². The SMILES string of the molecule is Cc1nn(CC(C)C)c(C)c1CC(=O)NCc1ccc(-n2ccc(C(F)(F)F)n2)cc1. The quantitative estimate of drug-likeness (QED) is 0.607. The molecule has 0 aliphatic rings. The highest BCUT2D eigenvalue weighted by atomic mass is 19.4. The molecule has 0 spiro atoms. The number of benzene rings is 1. The lowest BCUT2D eigenvalue weighted by molar-refractivity contribution is -0.141. The van der Waals surface area contributed by atoms with Gasteiger partial charge in [0.1, 0.15) is 0 Å². The molecule has 2 aromatic heterocycles. The summed E-state index contributed by atoms with van der Waals surface area (Å²) in [4.78, 5) is 12.4. The average Bonchev–Trinajstić information content (AvgIpc) is 3.28. The molecule has 0 saturated carbocycles. The molecule has 0 atom stereocenters. The lowest BCUT2D eigenvalue weighted by Crippen LogP contribution is -2.25. The van der Waals surface area contributed by atoms with Gasteiger partial charge in [-0.15, -0.1) is 0 Å². The monoisotopic (exact) mass is 433 g/mol. The summed E-state index contributed by atoms with van der Waals surface area (Å²) in [5, 5.41) is 11.0. The maximum absolute atomic E-state index is 12.7. The number of alkyl halides is 3. The predicted octanol–water partition coefficient (Wildman–Crippen LogP) is 4.22. The molecule has 166 valence electrons. The third-order valence-electron chi connectivity index (χ3n) is 4.98. The number of hydrogen-bond donors (Lipinski definition) is 1. The fourth-order valence-corrected chi connectivity index (χ4v) is 3.32. The fourth-order valence-electron chi connectivity index (χ4n) is 3.32. The Balaban J connectivity index is 1.59. The van der Waals surface area contributed by atoms with Gasteiger partial charge < -0.3 is 5.32 Å². The van der Waals surface area contributed by atoms with Crippen LogP contribution in [0.4, 0.5) is 13.2 Å². The van der Waals surface area contributed by atoms with Gasteiger partial charge in [-0.3, -0.25) is 9.48 Å². The second-order valence-electron chi connectivity index (χ2n) is 7.99. The minimum absolute atomic E-state index is 0.110. The summed E-state index contributed by atoms with van der Waals surface area (Å²) in [7, 11) is 0. The van der Waals surface area contributed by atoms with Crippen LogP contribution in [0.25, 0.3) is 5.69 Å². The molecular weight excluding hydrogens is 407 g/mol. The van der Waals surface area contributed by atoms with E-state index in [1.54, 1.807) is 24.3 Å². The Hall–Kier alpha value is -3.10. The predicted molar refractivity (Wildman–Crippen MR) is 111 cm³/mol. The Morgan fingerprint density at radius 1 is 1.10 bits per heavy atom. The number of carbonyl (C=O) groups excluding carboxylic acids is 1. The van der Waals surface area contributed by atoms with Crippen molar-refractivity contribution in [2.75, 3.05) is 0 Å². The highest BCUT2D eigenvalue weighted by Crippen LogP contribution is 2.27. The van der Waals surface area contributed by atoms with Crippen molar-refractivity contribution in [3.05, 3.63) is 64.7 Å². The van der Waals surface area contributed by atoms with E-state index >= 15 is 0 Å². The van der Waals surface area contributed by atoms with Crippen molar-refractivity contribution in [3.63, 3.8) is 0 Å². The number of aromatic nitrogens is 4. The molecule has 1 amide bonds. The number of nitrogens with one attached hydrogen (secondary N) is 1. The van der Waals surface area contributed by atoms with Gasteiger partial charge in [0.15, 0.2) is 5.69 Å². The summed E-state index contributed by atoms with van der Waals surface area (Å²) in [5.41, 5.74) is 3.20. The third-order valence-corrected chi connectivity index (χ3v) is 4.98. The minimum Gasteiger partial charge on any atom is -0.352 e. The zero-order valence-corrected chi connectivity index (χ0v) is 18.0. The van der Waals surface area contributed by atoms with Gasteiger partial charge in [-0.2, -0.15) is 23.4 Å². The van der Waals surface area contributed by atoms with E-state index in [1.807, 2.05) is 18.5 Å². The summed E-state index contributed by atoms with van der Waals surface area (Å²) >= 11 is 0. The van der Waals surface area contributed by atoms with Crippen molar-refractivity contribution >= 4 is 5.91 Å². The third kappa shape index (κ3) is 5.53. The Bertz CT molecular complexity index is 1050. The van der Waals surface area contributed by atoms with Gasteiger partial charge in [-0.25, -0.2) is 4.68 Å². The zero-order valence-electron chi connectivity index (χ0n) is 18.0. The molecule has 3 rings (SSSR count). The van der Waals surface area contributed by atoms with Gasteiger partial charge in [0.25, 0.3) is 0 Å². The van der Waals surface area contributed by atoms with E-state index in [9.17, 15) is 18.0 Å². The summed E-state index contributed by atoms with van der Waals surface area (Å²) in [6.07, 6.45) is -2.96. The van der Waals surface area contributed by atoms with Crippen molar-refractivity contribution in [1.82, 2.24) is 24.9 Å². The molecule has 9 heteroatoms. The molecule has 1 aromatic carbocycles. The van der Waals surface area contributed by atoms with Gasteiger partial charge >= 0.3 is 6.18 Å². The topological polar surface area (TPSA) is 64.7 Å². The Morgan fingerprint density at radius 3 is 2.35 bits per heavy atom. The number of hydrogen-bond acceptors (Lipinski definition) is 3. The number of halogens is 3. The molecule has 0 aliphatic carbocycles. The van der Waals surface area contributed by atoms with E-state index in [0.717, 1.165) is 35.1 Å². The maximum Gasteiger partial charge on any atom is 0.435 e. The van der Waals surface area contributed by atoms with Crippen molar-refractivity contribution < 1.29 is 18.0 Å². The van der Waals surface area contributed by atoms with Crippen LogP contribution < -0.4 is 5.32 Å².